The molecule has 0 radical (unpaired) electrons. The van der Waals surface area contributed by atoms with Crippen molar-refractivity contribution >= 4 is 0 Å². The summed E-state index contributed by atoms with van der Waals surface area (Å²) < 4.78 is 5.81. The quantitative estimate of drug-likeness (QED) is 0.785. The average molecular weight is 253 g/mol. The predicted octanol–water partition coefficient (Wildman–Crippen LogP) is 0.663. The molecule has 3 unspecified atom stereocenters. The smallest absolute Gasteiger partial charge is 0.0743 e. The van der Waals surface area contributed by atoms with Crippen molar-refractivity contribution in [3.8, 4) is 0 Å². The Hall–Kier alpha value is -0.160. The first-order valence-electron chi connectivity index (χ1n) is 7.57. The average Bonchev–Trinajstić information content (AvgIpc) is 2.80. The molecule has 0 aromatic heterocycles. The zero-order valence-corrected chi connectivity index (χ0v) is 11.6. The van der Waals surface area contributed by atoms with E-state index in [4.69, 9.17) is 10.5 Å². The third-order valence-corrected chi connectivity index (χ3v) is 5.48. The summed E-state index contributed by atoms with van der Waals surface area (Å²) in [6.07, 6.45) is 5.55. The lowest BCUT2D eigenvalue weighted by atomic mass is 9.87. The van der Waals surface area contributed by atoms with Gasteiger partial charge in [-0.15, -0.1) is 0 Å². The Morgan fingerprint density at radius 1 is 1.28 bits per heavy atom. The van der Waals surface area contributed by atoms with Gasteiger partial charge in [-0.2, -0.15) is 0 Å². The molecule has 3 fully saturated rings. The van der Waals surface area contributed by atoms with Crippen molar-refractivity contribution in [1.82, 2.24) is 9.80 Å². The highest BCUT2D eigenvalue weighted by Gasteiger charge is 2.47. The van der Waals surface area contributed by atoms with Gasteiger partial charge in [0, 0.05) is 38.8 Å². The minimum Gasteiger partial charge on any atom is -0.376 e. The van der Waals surface area contributed by atoms with Gasteiger partial charge in [0.25, 0.3) is 0 Å². The number of fused-ring (bicyclic) bond motifs is 1. The van der Waals surface area contributed by atoms with Gasteiger partial charge >= 0.3 is 0 Å². The van der Waals surface area contributed by atoms with Crippen LogP contribution in [0.25, 0.3) is 0 Å². The Morgan fingerprint density at radius 2 is 2.17 bits per heavy atom. The third kappa shape index (κ3) is 1.99. The number of hydrogen-bond acceptors (Lipinski definition) is 4. The van der Waals surface area contributed by atoms with Crippen molar-refractivity contribution in [1.29, 1.82) is 0 Å². The molecule has 3 saturated heterocycles. The van der Waals surface area contributed by atoms with Crippen LogP contribution in [-0.4, -0.2) is 66.8 Å². The van der Waals surface area contributed by atoms with Crippen LogP contribution in [0.4, 0.5) is 0 Å². The largest absolute Gasteiger partial charge is 0.376 e. The zero-order valence-electron chi connectivity index (χ0n) is 11.6. The molecule has 3 aliphatic heterocycles. The van der Waals surface area contributed by atoms with E-state index in [-0.39, 0.29) is 11.6 Å². The van der Waals surface area contributed by atoms with Crippen LogP contribution < -0.4 is 5.73 Å². The molecule has 0 amide bonds. The van der Waals surface area contributed by atoms with Crippen LogP contribution in [0.1, 0.15) is 32.6 Å². The van der Waals surface area contributed by atoms with Crippen LogP contribution in [0.5, 0.6) is 0 Å². The number of hydrogen-bond donors (Lipinski definition) is 1. The number of ether oxygens (including phenoxy) is 1. The fourth-order valence-corrected chi connectivity index (χ4v) is 4.14. The normalized spacial score (nSPS) is 43.0. The molecule has 4 heteroatoms. The summed E-state index contributed by atoms with van der Waals surface area (Å²) in [7, 11) is 0. The lowest BCUT2D eigenvalue weighted by Gasteiger charge is -2.51. The van der Waals surface area contributed by atoms with Gasteiger partial charge in [-0.25, -0.2) is 0 Å². The molecule has 0 aromatic carbocycles. The first kappa shape index (κ1) is 12.9. The van der Waals surface area contributed by atoms with E-state index in [2.05, 4.69) is 16.7 Å². The lowest BCUT2D eigenvalue weighted by Crippen LogP contribution is -2.66. The fraction of sp³-hybridized carbons (Fsp3) is 1.00. The van der Waals surface area contributed by atoms with E-state index in [1.165, 1.54) is 45.4 Å². The molecule has 0 bridgehead atoms. The Morgan fingerprint density at radius 3 is 2.89 bits per heavy atom. The van der Waals surface area contributed by atoms with Crippen molar-refractivity contribution in [2.24, 2.45) is 5.73 Å². The topological polar surface area (TPSA) is 41.7 Å². The summed E-state index contributed by atoms with van der Waals surface area (Å²) in [6, 6.07) is 0.767. The van der Waals surface area contributed by atoms with Gasteiger partial charge in [0.15, 0.2) is 0 Å². The van der Waals surface area contributed by atoms with Gasteiger partial charge in [0.05, 0.1) is 11.6 Å². The second-order valence-electron chi connectivity index (χ2n) is 6.20. The molecule has 0 saturated carbocycles. The van der Waals surface area contributed by atoms with E-state index >= 15 is 0 Å². The van der Waals surface area contributed by atoms with Crippen LogP contribution in [0.2, 0.25) is 0 Å². The molecule has 3 aliphatic rings. The molecular formula is C14H27N3O. The standard InChI is InChI=1S/C14H27N3O/c1-12-14(11-15,5-9-18-12)17-8-7-16-6-3-2-4-13(16)10-17/h12-13H,2-11,15H2,1H3. The molecule has 2 N–H and O–H groups in total. The molecule has 3 rings (SSSR count). The van der Waals surface area contributed by atoms with Crippen molar-refractivity contribution in [3.05, 3.63) is 0 Å². The molecule has 4 nitrogen and oxygen atoms in total. The summed E-state index contributed by atoms with van der Waals surface area (Å²) >= 11 is 0. The van der Waals surface area contributed by atoms with Crippen LogP contribution in [0, 0.1) is 0 Å². The highest BCUT2D eigenvalue weighted by atomic mass is 16.5. The molecule has 104 valence electrons. The number of nitrogens with two attached hydrogens (primary N) is 1. The second-order valence-corrected chi connectivity index (χ2v) is 6.20. The maximum Gasteiger partial charge on any atom is 0.0743 e. The maximum absolute atomic E-state index is 6.12. The molecular weight excluding hydrogens is 226 g/mol. The van der Waals surface area contributed by atoms with E-state index in [1.807, 2.05) is 0 Å². The van der Waals surface area contributed by atoms with Gasteiger partial charge in [0.2, 0.25) is 0 Å². The van der Waals surface area contributed by atoms with Crippen LogP contribution in [0.3, 0.4) is 0 Å². The van der Waals surface area contributed by atoms with Gasteiger partial charge in [-0.1, -0.05) is 6.42 Å². The van der Waals surface area contributed by atoms with Crippen LogP contribution in [0.15, 0.2) is 0 Å². The fourth-order valence-electron chi connectivity index (χ4n) is 4.14. The molecule has 3 heterocycles. The van der Waals surface area contributed by atoms with Crippen LogP contribution >= 0.6 is 0 Å². The summed E-state index contributed by atoms with van der Waals surface area (Å²) in [4.78, 5) is 5.34. The first-order chi connectivity index (χ1) is 8.76. The van der Waals surface area contributed by atoms with Crippen molar-refractivity contribution in [2.45, 2.75) is 50.3 Å². The minimum absolute atomic E-state index is 0.115. The molecule has 0 aliphatic carbocycles. The van der Waals surface area contributed by atoms with Crippen molar-refractivity contribution in [3.63, 3.8) is 0 Å². The van der Waals surface area contributed by atoms with Crippen molar-refractivity contribution in [2.75, 3.05) is 39.3 Å². The van der Waals surface area contributed by atoms with Crippen LogP contribution in [-0.2, 0) is 4.74 Å². The van der Waals surface area contributed by atoms with Crippen molar-refractivity contribution < 1.29 is 4.74 Å². The number of piperazine rings is 1. The van der Waals surface area contributed by atoms with Gasteiger partial charge in [-0.3, -0.25) is 9.80 Å². The molecule has 3 atom stereocenters. The third-order valence-electron chi connectivity index (χ3n) is 5.48. The van der Waals surface area contributed by atoms with E-state index < -0.39 is 0 Å². The second kappa shape index (κ2) is 5.08. The predicted molar refractivity (Wildman–Crippen MR) is 72.6 cm³/mol. The van der Waals surface area contributed by atoms with Gasteiger partial charge in [-0.05, 0) is 32.7 Å². The van der Waals surface area contributed by atoms with Gasteiger partial charge in [0.1, 0.15) is 0 Å². The van der Waals surface area contributed by atoms with E-state index in [1.54, 1.807) is 0 Å². The number of nitrogens with zero attached hydrogens (tertiary/aromatic N) is 2. The lowest BCUT2D eigenvalue weighted by molar-refractivity contribution is -0.0397. The molecule has 0 aromatic rings. The van der Waals surface area contributed by atoms with Gasteiger partial charge < -0.3 is 10.5 Å². The summed E-state index contributed by atoms with van der Waals surface area (Å²) in [5.41, 5.74) is 6.24. The summed E-state index contributed by atoms with van der Waals surface area (Å²) in [6.45, 7) is 8.71. The molecule has 0 spiro atoms. The highest BCUT2D eigenvalue weighted by molar-refractivity contribution is 5.03. The molecule has 18 heavy (non-hydrogen) atoms. The number of piperidine rings is 1. The Bertz CT molecular complexity index is 299. The maximum atomic E-state index is 6.12. The Kier molecular flexibility index (Phi) is 3.63. The Balaban J connectivity index is 1.72. The first-order valence-corrected chi connectivity index (χ1v) is 7.57. The van der Waals surface area contributed by atoms with E-state index in [0.29, 0.717) is 0 Å². The number of rotatable bonds is 2. The van der Waals surface area contributed by atoms with E-state index in [9.17, 15) is 0 Å². The SMILES string of the molecule is CC1OCCC1(CN)N1CCN2CCCCC2C1. The summed E-state index contributed by atoms with van der Waals surface area (Å²) in [5, 5.41) is 0. The van der Waals surface area contributed by atoms with E-state index in [0.717, 1.165) is 25.6 Å². The Labute approximate surface area is 110 Å². The zero-order chi connectivity index (χ0) is 12.6. The minimum atomic E-state index is 0.115. The highest BCUT2D eigenvalue weighted by Crippen LogP contribution is 2.34. The monoisotopic (exact) mass is 253 g/mol. The summed E-state index contributed by atoms with van der Waals surface area (Å²) in [5.74, 6) is 0.